The summed E-state index contributed by atoms with van der Waals surface area (Å²) < 4.78 is 26.5. The van der Waals surface area contributed by atoms with Crippen LogP contribution in [0.5, 0.6) is 0 Å². The van der Waals surface area contributed by atoms with Gasteiger partial charge < -0.3 is 10.6 Å². The molecule has 182 valence electrons. The predicted molar refractivity (Wildman–Crippen MR) is 138 cm³/mol. The van der Waals surface area contributed by atoms with Gasteiger partial charge in [-0.15, -0.1) is 0 Å². The van der Waals surface area contributed by atoms with E-state index in [0.717, 1.165) is 28.6 Å². The zero-order chi connectivity index (χ0) is 24.6. The first-order chi connectivity index (χ1) is 16.3. The van der Waals surface area contributed by atoms with Crippen LogP contribution in [0.3, 0.4) is 0 Å². The minimum Gasteiger partial charge on any atom is -0.384 e. The number of hydrogen-bond donors (Lipinski definition) is 2. The van der Waals surface area contributed by atoms with Gasteiger partial charge in [-0.1, -0.05) is 37.6 Å². The van der Waals surface area contributed by atoms with Crippen molar-refractivity contribution in [3.05, 3.63) is 65.3 Å². The molecule has 1 amide bonds. The number of anilines is 1. The number of carbonyl (C=O) groups excluding carboxylic acids is 1. The number of pyridine rings is 1. The number of carbonyl (C=O) groups is 1. The van der Waals surface area contributed by atoms with Crippen molar-refractivity contribution in [1.82, 2.24) is 14.6 Å². The fourth-order valence-electron chi connectivity index (χ4n) is 3.70. The molecule has 0 spiro atoms. The molecule has 0 saturated carbocycles. The summed E-state index contributed by atoms with van der Waals surface area (Å²) >= 11 is 6.03. The summed E-state index contributed by atoms with van der Waals surface area (Å²) in [6.07, 6.45) is 3.43. The summed E-state index contributed by atoms with van der Waals surface area (Å²) in [5.74, 6) is -0.0242. The molecular formula is C25H31ClN4O3S. The quantitative estimate of drug-likeness (QED) is 0.356. The first-order valence-corrected chi connectivity index (χ1v) is 13.3. The summed E-state index contributed by atoms with van der Waals surface area (Å²) in [7, 11) is -3.46. The first kappa shape index (κ1) is 25.9. The molecule has 0 atom stereocenters. The van der Waals surface area contributed by atoms with Crippen molar-refractivity contribution in [3.63, 3.8) is 0 Å². The second kappa shape index (κ2) is 12.1. The zero-order valence-corrected chi connectivity index (χ0v) is 21.1. The lowest BCUT2D eigenvalue weighted by molar-refractivity contribution is -0.121. The Labute approximate surface area is 206 Å². The van der Waals surface area contributed by atoms with Crippen molar-refractivity contribution < 1.29 is 13.2 Å². The van der Waals surface area contributed by atoms with Crippen LogP contribution in [-0.2, 0) is 21.2 Å². The average molecular weight is 503 g/mol. The van der Waals surface area contributed by atoms with E-state index in [2.05, 4.69) is 15.6 Å². The largest absolute Gasteiger partial charge is 0.384 e. The minimum atomic E-state index is -3.46. The zero-order valence-electron chi connectivity index (χ0n) is 19.6. The van der Waals surface area contributed by atoms with Gasteiger partial charge in [-0.2, -0.15) is 4.31 Å². The maximum absolute atomic E-state index is 12.6. The number of aryl methyl sites for hydroxylation is 1. The van der Waals surface area contributed by atoms with Gasteiger partial charge >= 0.3 is 0 Å². The van der Waals surface area contributed by atoms with Crippen molar-refractivity contribution in [2.45, 2.75) is 38.0 Å². The summed E-state index contributed by atoms with van der Waals surface area (Å²) in [5.41, 5.74) is 2.75. The number of hydrogen-bond acceptors (Lipinski definition) is 5. The van der Waals surface area contributed by atoms with E-state index in [4.69, 9.17) is 11.6 Å². The summed E-state index contributed by atoms with van der Waals surface area (Å²) in [5, 5.41) is 7.98. The van der Waals surface area contributed by atoms with Crippen LogP contribution in [0.2, 0.25) is 5.02 Å². The molecule has 0 bridgehead atoms. The fourth-order valence-corrected chi connectivity index (χ4v) is 5.33. The standard InChI is InChI=1S/C25H31ClN4O3S/c1-3-30(4-2)34(32,33)21-10-6-19(7-11-21)8-13-25(31)29-16-5-15-27-23-14-17-28-24-18-20(26)9-12-22(23)24/h6-7,9-12,14,17-18H,3-5,8,13,15-16H2,1-2H3,(H,27,28)(H,29,31). The predicted octanol–water partition coefficient (Wildman–Crippen LogP) is 4.47. The van der Waals surface area contributed by atoms with Gasteiger partial charge in [0, 0.05) is 54.9 Å². The van der Waals surface area contributed by atoms with Crippen molar-refractivity contribution in [2.24, 2.45) is 0 Å². The van der Waals surface area contributed by atoms with Crippen LogP contribution in [0.25, 0.3) is 10.9 Å². The Morgan fingerprint density at radius 3 is 2.47 bits per heavy atom. The molecule has 3 aromatic rings. The van der Waals surface area contributed by atoms with E-state index in [0.29, 0.717) is 44.0 Å². The molecule has 0 fully saturated rings. The molecule has 0 aliphatic heterocycles. The topological polar surface area (TPSA) is 91.4 Å². The van der Waals surface area contributed by atoms with Gasteiger partial charge in [-0.25, -0.2) is 8.42 Å². The highest BCUT2D eigenvalue weighted by Crippen LogP contribution is 2.24. The van der Waals surface area contributed by atoms with Crippen LogP contribution in [0.1, 0.15) is 32.3 Å². The molecule has 3 rings (SSSR count). The van der Waals surface area contributed by atoms with E-state index < -0.39 is 10.0 Å². The molecule has 0 radical (unpaired) electrons. The van der Waals surface area contributed by atoms with Gasteiger partial charge in [0.25, 0.3) is 0 Å². The van der Waals surface area contributed by atoms with E-state index in [1.54, 1.807) is 30.5 Å². The second-order valence-electron chi connectivity index (χ2n) is 7.88. The number of nitrogens with zero attached hydrogens (tertiary/aromatic N) is 2. The Morgan fingerprint density at radius 2 is 1.76 bits per heavy atom. The molecule has 2 N–H and O–H groups in total. The van der Waals surface area contributed by atoms with Gasteiger partial charge in [-0.3, -0.25) is 9.78 Å². The smallest absolute Gasteiger partial charge is 0.243 e. The maximum Gasteiger partial charge on any atom is 0.243 e. The van der Waals surface area contributed by atoms with E-state index in [-0.39, 0.29) is 10.8 Å². The second-order valence-corrected chi connectivity index (χ2v) is 10.3. The number of amides is 1. The Kier molecular flexibility index (Phi) is 9.27. The van der Waals surface area contributed by atoms with Crippen LogP contribution in [-0.4, -0.2) is 49.8 Å². The van der Waals surface area contributed by atoms with E-state index >= 15 is 0 Å². The van der Waals surface area contributed by atoms with Gasteiger partial charge in [0.05, 0.1) is 10.4 Å². The summed E-state index contributed by atoms with van der Waals surface area (Å²) in [6.45, 7) is 5.80. The Balaban J connectivity index is 1.40. The maximum atomic E-state index is 12.6. The molecule has 7 nitrogen and oxygen atoms in total. The molecule has 9 heteroatoms. The first-order valence-electron chi connectivity index (χ1n) is 11.5. The lowest BCUT2D eigenvalue weighted by Gasteiger charge is -2.18. The number of nitrogens with one attached hydrogen (secondary N) is 2. The molecule has 2 aromatic carbocycles. The third kappa shape index (κ3) is 6.68. The normalized spacial score (nSPS) is 11.6. The lowest BCUT2D eigenvalue weighted by Crippen LogP contribution is -2.30. The van der Waals surface area contributed by atoms with Crippen LogP contribution in [0.15, 0.2) is 59.6 Å². The summed E-state index contributed by atoms with van der Waals surface area (Å²) in [6, 6.07) is 14.3. The molecule has 1 heterocycles. The lowest BCUT2D eigenvalue weighted by atomic mass is 10.1. The fraction of sp³-hybridized carbons (Fsp3) is 0.360. The van der Waals surface area contributed by atoms with Crippen molar-refractivity contribution in [1.29, 1.82) is 0 Å². The number of fused-ring (bicyclic) bond motifs is 1. The molecule has 1 aromatic heterocycles. The number of benzene rings is 2. The molecule has 0 saturated heterocycles. The number of sulfonamides is 1. The number of rotatable bonds is 12. The van der Waals surface area contributed by atoms with Crippen LogP contribution in [0.4, 0.5) is 5.69 Å². The van der Waals surface area contributed by atoms with Crippen molar-refractivity contribution in [2.75, 3.05) is 31.5 Å². The van der Waals surface area contributed by atoms with Gasteiger partial charge in [0.15, 0.2) is 0 Å². The minimum absolute atomic E-state index is 0.0242. The van der Waals surface area contributed by atoms with E-state index in [1.165, 1.54) is 4.31 Å². The van der Waals surface area contributed by atoms with Gasteiger partial charge in [0.1, 0.15) is 0 Å². The van der Waals surface area contributed by atoms with Crippen LogP contribution < -0.4 is 10.6 Å². The third-order valence-electron chi connectivity index (χ3n) is 5.60. The van der Waals surface area contributed by atoms with Crippen molar-refractivity contribution >= 4 is 44.1 Å². The Hall–Kier alpha value is -2.68. The monoisotopic (exact) mass is 502 g/mol. The van der Waals surface area contributed by atoms with Crippen molar-refractivity contribution in [3.8, 4) is 0 Å². The van der Waals surface area contributed by atoms with Gasteiger partial charge in [-0.05, 0) is 54.8 Å². The van der Waals surface area contributed by atoms with Gasteiger partial charge in [0.2, 0.25) is 15.9 Å². The van der Waals surface area contributed by atoms with E-state index in [9.17, 15) is 13.2 Å². The Bertz CT molecular complexity index is 1210. The Morgan fingerprint density at radius 1 is 1.03 bits per heavy atom. The van der Waals surface area contributed by atoms with Crippen LogP contribution in [0, 0.1) is 0 Å². The highest BCUT2D eigenvalue weighted by molar-refractivity contribution is 7.89. The molecule has 0 aliphatic carbocycles. The molecule has 0 unspecified atom stereocenters. The highest BCUT2D eigenvalue weighted by atomic mass is 35.5. The molecule has 34 heavy (non-hydrogen) atoms. The molecular weight excluding hydrogens is 472 g/mol. The highest BCUT2D eigenvalue weighted by Gasteiger charge is 2.21. The number of halogens is 1. The van der Waals surface area contributed by atoms with E-state index in [1.807, 2.05) is 38.1 Å². The SMILES string of the molecule is CCN(CC)S(=O)(=O)c1ccc(CCC(=O)NCCCNc2ccnc3cc(Cl)ccc23)cc1. The third-order valence-corrected chi connectivity index (χ3v) is 7.90. The summed E-state index contributed by atoms with van der Waals surface area (Å²) in [4.78, 5) is 16.8. The average Bonchev–Trinajstić information content (AvgIpc) is 2.83. The van der Waals surface area contributed by atoms with Crippen LogP contribution >= 0.6 is 11.6 Å². The molecule has 0 aliphatic rings. The number of aromatic nitrogens is 1.